The summed E-state index contributed by atoms with van der Waals surface area (Å²) in [5, 5.41) is 3.57. The lowest BCUT2D eigenvalue weighted by Gasteiger charge is -2.10. The first-order chi connectivity index (χ1) is 10.1. The maximum Gasteiger partial charge on any atom is 0.157 e. The molecule has 1 N–H and O–H groups in total. The van der Waals surface area contributed by atoms with Gasteiger partial charge in [0, 0.05) is 24.8 Å². The highest BCUT2D eigenvalue weighted by atomic mass is 35.5. The van der Waals surface area contributed by atoms with Gasteiger partial charge in [-0.2, -0.15) is 0 Å². The fourth-order valence-corrected chi connectivity index (χ4v) is 2.07. The molecule has 1 aromatic heterocycles. The Morgan fingerprint density at radius 3 is 2.76 bits per heavy atom. The van der Waals surface area contributed by atoms with Gasteiger partial charge in [-0.1, -0.05) is 11.6 Å². The molecule has 0 amide bonds. The number of hydrogen-bond donors (Lipinski definition) is 1. The predicted molar refractivity (Wildman–Crippen MR) is 81.9 cm³/mol. The van der Waals surface area contributed by atoms with Crippen LogP contribution in [-0.2, 0) is 11.3 Å². The third kappa shape index (κ3) is 4.12. The third-order valence-corrected chi connectivity index (χ3v) is 3.10. The van der Waals surface area contributed by atoms with Crippen LogP contribution in [0.5, 0.6) is 0 Å². The van der Waals surface area contributed by atoms with Crippen LogP contribution in [0.2, 0.25) is 5.02 Å². The van der Waals surface area contributed by atoms with E-state index < -0.39 is 0 Å². The summed E-state index contributed by atoms with van der Waals surface area (Å²) in [7, 11) is 0. The summed E-state index contributed by atoms with van der Waals surface area (Å²) in [5.74, 6) is 0.840. The summed E-state index contributed by atoms with van der Waals surface area (Å²) in [4.78, 5) is 8.75. The standard InChI is InChI=1S/C15H17ClFN3O/c1-3-18-14-8-13(19-15(20-14)9-21-4-2)11-7-10(17)5-6-12(11)16/h5-8H,3-4,9H2,1-2H3,(H,18,19,20). The molecule has 0 spiro atoms. The van der Waals surface area contributed by atoms with E-state index in [1.54, 1.807) is 6.07 Å². The molecule has 0 atom stereocenters. The highest BCUT2D eigenvalue weighted by Crippen LogP contribution is 2.28. The maximum atomic E-state index is 13.4. The second kappa shape index (κ2) is 7.33. The van der Waals surface area contributed by atoms with Crippen molar-refractivity contribution < 1.29 is 9.13 Å². The van der Waals surface area contributed by atoms with E-state index in [1.165, 1.54) is 18.2 Å². The molecule has 0 radical (unpaired) electrons. The minimum atomic E-state index is -0.357. The van der Waals surface area contributed by atoms with Gasteiger partial charge in [-0.15, -0.1) is 0 Å². The summed E-state index contributed by atoms with van der Waals surface area (Å²) >= 11 is 6.14. The van der Waals surface area contributed by atoms with Crippen molar-refractivity contribution in [2.24, 2.45) is 0 Å². The quantitative estimate of drug-likeness (QED) is 0.879. The van der Waals surface area contributed by atoms with Gasteiger partial charge in [-0.05, 0) is 32.0 Å². The van der Waals surface area contributed by atoms with Gasteiger partial charge in [0.15, 0.2) is 5.82 Å². The molecule has 2 aromatic rings. The molecule has 0 saturated heterocycles. The highest BCUT2D eigenvalue weighted by molar-refractivity contribution is 6.33. The topological polar surface area (TPSA) is 47.0 Å². The number of aromatic nitrogens is 2. The lowest BCUT2D eigenvalue weighted by Crippen LogP contribution is -2.06. The van der Waals surface area contributed by atoms with Gasteiger partial charge in [0.25, 0.3) is 0 Å². The zero-order valence-corrected chi connectivity index (χ0v) is 12.7. The van der Waals surface area contributed by atoms with E-state index in [-0.39, 0.29) is 5.82 Å². The van der Waals surface area contributed by atoms with Gasteiger partial charge in [-0.25, -0.2) is 14.4 Å². The fraction of sp³-hybridized carbons (Fsp3) is 0.333. The Morgan fingerprint density at radius 2 is 2.05 bits per heavy atom. The zero-order valence-electron chi connectivity index (χ0n) is 12.0. The van der Waals surface area contributed by atoms with Crippen LogP contribution >= 0.6 is 11.6 Å². The van der Waals surface area contributed by atoms with E-state index >= 15 is 0 Å². The first-order valence-electron chi connectivity index (χ1n) is 6.79. The first-order valence-corrected chi connectivity index (χ1v) is 7.16. The monoisotopic (exact) mass is 309 g/mol. The molecule has 112 valence electrons. The van der Waals surface area contributed by atoms with Crippen LogP contribution in [0.3, 0.4) is 0 Å². The average molecular weight is 310 g/mol. The Kier molecular flexibility index (Phi) is 5.47. The summed E-state index contributed by atoms with van der Waals surface area (Å²) in [6.07, 6.45) is 0. The molecule has 0 saturated carbocycles. The number of anilines is 1. The molecule has 1 heterocycles. The van der Waals surface area contributed by atoms with E-state index in [2.05, 4.69) is 15.3 Å². The lowest BCUT2D eigenvalue weighted by molar-refractivity contribution is 0.128. The van der Waals surface area contributed by atoms with Crippen molar-refractivity contribution in [3.05, 3.63) is 40.9 Å². The molecule has 0 fully saturated rings. The minimum Gasteiger partial charge on any atom is -0.374 e. The van der Waals surface area contributed by atoms with Crippen LogP contribution in [0, 0.1) is 5.82 Å². The summed E-state index contributed by atoms with van der Waals surface area (Å²) in [6, 6.07) is 5.95. The van der Waals surface area contributed by atoms with Crippen molar-refractivity contribution in [1.29, 1.82) is 0 Å². The Hall–Kier alpha value is -1.72. The molecule has 6 heteroatoms. The smallest absolute Gasteiger partial charge is 0.157 e. The van der Waals surface area contributed by atoms with Gasteiger partial charge >= 0.3 is 0 Å². The van der Waals surface area contributed by atoms with Crippen molar-refractivity contribution in [2.45, 2.75) is 20.5 Å². The van der Waals surface area contributed by atoms with Crippen molar-refractivity contribution in [3.63, 3.8) is 0 Å². The van der Waals surface area contributed by atoms with Gasteiger partial charge in [0.1, 0.15) is 18.2 Å². The lowest BCUT2D eigenvalue weighted by atomic mass is 10.1. The van der Waals surface area contributed by atoms with Gasteiger partial charge in [0.05, 0.1) is 10.7 Å². The Morgan fingerprint density at radius 1 is 1.24 bits per heavy atom. The van der Waals surface area contributed by atoms with Crippen LogP contribution in [-0.4, -0.2) is 23.1 Å². The van der Waals surface area contributed by atoms with Crippen LogP contribution in [0.25, 0.3) is 11.3 Å². The van der Waals surface area contributed by atoms with E-state index in [0.717, 1.165) is 6.54 Å². The number of nitrogens with one attached hydrogen (secondary N) is 1. The van der Waals surface area contributed by atoms with Crippen molar-refractivity contribution in [3.8, 4) is 11.3 Å². The third-order valence-electron chi connectivity index (χ3n) is 2.77. The molecular formula is C15H17ClFN3O. The van der Waals surface area contributed by atoms with Gasteiger partial charge < -0.3 is 10.1 Å². The van der Waals surface area contributed by atoms with Crippen molar-refractivity contribution >= 4 is 17.4 Å². The molecule has 0 aliphatic rings. The van der Waals surface area contributed by atoms with Crippen LogP contribution in [0.15, 0.2) is 24.3 Å². The molecule has 4 nitrogen and oxygen atoms in total. The first kappa shape index (κ1) is 15.7. The Labute approximate surface area is 128 Å². The molecule has 0 unspecified atom stereocenters. The van der Waals surface area contributed by atoms with E-state index in [0.29, 0.717) is 41.1 Å². The summed E-state index contributed by atoms with van der Waals surface area (Å²) in [5.41, 5.74) is 1.11. The zero-order chi connectivity index (χ0) is 15.2. The average Bonchev–Trinajstić information content (AvgIpc) is 2.48. The molecule has 0 aliphatic heterocycles. The largest absolute Gasteiger partial charge is 0.374 e. The molecule has 1 aromatic carbocycles. The fourth-order valence-electron chi connectivity index (χ4n) is 1.86. The Bertz CT molecular complexity index is 622. The Balaban J connectivity index is 2.45. The molecule has 2 rings (SSSR count). The van der Waals surface area contributed by atoms with E-state index in [1.807, 2.05) is 13.8 Å². The van der Waals surface area contributed by atoms with Gasteiger partial charge in [0.2, 0.25) is 0 Å². The molecule has 0 aliphatic carbocycles. The number of benzene rings is 1. The van der Waals surface area contributed by atoms with Crippen molar-refractivity contribution in [2.75, 3.05) is 18.5 Å². The number of nitrogens with zero attached hydrogens (tertiary/aromatic N) is 2. The molecule has 21 heavy (non-hydrogen) atoms. The van der Waals surface area contributed by atoms with E-state index in [4.69, 9.17) is 16.3 Å². The molecular weight excluding hydrogens is 293 g/mol. The summed E-state index contributed by atoms with van der Waals surface area (Å²) < 4.78 is 18.8. The summed E-state index contributed by atoms with van der Waals surface area (Å²) in [6.45, 7) is 5.47. The number of halogens is 2. The minimum absolute atomic E-state index is 0.301. The number of rotatable bonds is 6. The van der Waals surface area contributed by atoms with Crippen molar-refractivity contribution in [1.82, 2.24) is 9.97 Å². The van der Waals surface area contributed by atoms with Gasteiger partial charge in [-0.3, -0.25) is 0 Å². The number of ether oxygens (including phenoxy) is 1. The second-order valence-corrected chi connectivity index (χ2v) is 4.75. The van der Waals surface area contributed by atoms with Crippen LogP contribution < -0.4 is 5.32 Å². The highest BCUT2D eigenvalue weighted by Gasteiger charge is 2.11. The van der Waals surface area contributed by atoms with Crippen LogP contribution in [0.4, 0.5) is 10.2 Å². The van der Waals surface area contributed by atoms with Crippen LogP contribution in [0.1, 0.15) is 19.7 Å². The second-order valence-electron chi connectivity index (χ2n) is 4.35. The maximum absolute atomic E-state index is 13.4. The number of hydrogen-bond acceptors (Lipinski definition) is 4. The predicted octanol–water partition coefficient (Wildman–Crippen LogP) is 3.90. The van der Waals surface area contributed by atoms with E-state index in [9.17, 15) is 4.39 Å². The molecule has 0 bridgehead atoms. The SMILES string of the molecule is CCNc1cc(-c2cc(F)ccc2Cl)nc(COCC)n1. The normalized spacial score (nSPS) is 10.7.